The van der Waals surface area contributed by atoms with Gasteiger partial charge in [-0.2, -0.15) is 4.98 Å². The van der Waals surface area contributed by atoms with Crippen molar-refractivity contribution in [3.05, 3.63) is 53.2 Å². The minimum absolute atomic E-state index is 0.120. The van der Waals surface area contributed by atoms with Crippen LogP contribution in [0, 0.1) is 6.92 Å². The molecule has 0 fully saturated rings. The fraction of sp³-hybridized carbons (Fsp3) is 0.316. The number of nitrogens with zero attached hydrogens (tertiary/aromatic N) is 3. The molecule has 0 saturated heterocycles. The van der Waals surface area contributed by atoms with Crippen LogP contribution in [0.5, 0.6) is 5.75 Å². The number of hydrogen-bond donors (Lipinski definition) is 0. The number of aromatic nitrogens is 2. The lowest BCUT2D eigenvalue weighted by Gasteiger charge is -2.22. The first-order valence-corrected chi connectivity index (χ1v) is 9.29. The van der Waals surface area contributed by atoms with Crippen LogP contribution in [0.1, 0.15) is 24.8 Å². The molecule has 1 amide bonds. The first-order chi connectivity index (χ1) is 12.6. The van der Waals surface area contributed by atoms with Crippen molar-refractivity contribution in [1.82, 2.24) is 15.0 Å². The van der Waals surface area contributed by atoms with Crippen LogP contribution in [0.4, 0.5) is 0 Å². The van der Waals surface area contributed by atoms with Gasteiger partial charge in [-0.05, 0) is 42.5 Å². The number of carbonyl (C=O) groups excluding carboxylic acids is 1. The smallest absolute Gasteiger partial charge is 0.263 e. The van der Waals surface area contributed by atoms with Crippen molar-refractivity contribution in [2.24, 2.45) is 0 Å². The number of carbonyl (C=O) groups is 1. The molecule has 0 bridgehead atoms. The average molecular weight is 371 g/mol. The highest BCUT2D eigenvalue weighted by Crippen LogP contribution is 2.22. The number of likely N-dealkylation sites (N-methyl/N-ethyl adjacent to an activating group) is 1. The van der Waals surface area contributed by atoms with Gasteiger partial charge in [0.2, 0.25) is 11.7 Å². The zero-order valence-electron chi connectivity index (χ0n) is 15.0. The van der Waals surface area contributed by atoms with Crippen LogP contribution in [-0.4, -0.2) is 34.1 Å². The Morgan fingerprint density at radius 1 is 1.35 bits per heavy atom. The van der Waals surface area contributed by atoms with Gasteiger partial charge in [0.05, 0.1) is 11.4 Å². The Hall–Kier alpha value is -2.67. The van der Waals surface area contributed by atoms with Crippen molar-refractivity contribution >= 4 is 17.2 Å². The van der Waals surface area contributed by atoms with Crippen molar-refractivity contribution < 1.29 is 14.1 Å². The summed E-state index contributed by atoms with van der Waals surface area (Å²) in [6.45, 7) is 4.15. The van der Waals surface area contributed by atoms with Gasteiger partial charge in [-0.3, -0.25) is 4.79 Å². The normalized spacial score (nSPS) is 12.0. The Balaban J connectivity index is 1.64. The van der Waals surface area contributed by atoms with Gasteiger partial charge in [-0.15, -0.1) is 11.3 Å². The number of aryl methyl sites for hydroxylation is 1. The minimum Gasteiger partial charge on any atom is -0.481 e. The van der Waals surface area contributed by atoms with E-state index in [9.17, 15) is 4.79 Å². The Morgan fingerprint density at radius 3 is 2.88 bits per heavy atom. The molecule has 1 atom stereocenters. The van der Waals surface area contributed by atoms with Crippen molar-refractivity contribution in [2.45, 2.75) is 32.9 Å². The van der Waals surface area contributed by atoms with Crippen molar-refractivity contribution in [3.8, 4) is 16.5 Å². The number of benzene rings is 1. The van der Waals surface area contributed by atoms with E-state index in [-0.39, 0.29) is 12.5 Å². The Kier molecular flexibility index (Phi) is 5.68. The fourth-order valence-corrected chi connectivity index (χ4v) is 3.16. The van der Waals surface area contributed by atoms with E-state index in [2.05, 4.69) is 10.1 Å². The molecule has 6 nitrogen and oxygen atoms in total. The molecule has 2 aromatic heterocycles. The molecule has 1 aromatic carbocycles. The first kappa shape index (κ1) is 18.1. The maximum atomic E-state index is 12.7. The van der Waals surface area contributed by atoms with Crippen LogP contribution >= 0.6 is 11.3 Å². The van der Waals surface area contributed by atoms with Crippen LogP contribution in [-0.2, 0) is 11.3 Å². The molecule has 7 heteroatoms. The van der Waals surface area contributed by atoms with Gasteiger partial charge >= 0.3 is 0 Å². The molecule has 0 unspecified atom stereocenters. The monoisotopic (exact) mass is 371 g/mol. The predicted octanol–water partition coefficient (Wildman–Crippen LogP) is 3.92. The zero-order valence-corrected chi connectivity index (χ0v) is 15.8. The SMILES string of the molecule is CC[C@H](Oc1cccc(C)c1)C(=O)N(C)Cc1nc(-c2cccs2)no1. The third-order valence-corrected chi connectivity index (χ3v) is 4.74. The van der Waals surface area contributed by atoms with Crippen molar-refractivity contribution in [2.75, 3.05) is 7.05 Å². The molecule has 0 radical (unpaired) electrons. The van der Waals surface area contributed by atoms with E-state index >= 15 is 0 Å². The van der Waals surface area contributed by atoms with Gasteiger partial charge in [0.25, 0.3) is 5.91 Å². The lowest BCUT2D eigenvalue weighted by molar-refractivity contribution is -0.138. The molecular weight excluding hydrogens is 350 g/mol. The van der Waals surface area contributed by atoms with E-state index in [1.165, 1.54) is 11.3 Å². The summed E-state index contributed by atoms with van der Waals surface area (Å²) in [5.41, 5.74) is 1.09. The second kappa shape index (κ2) is 8.14. The maximum Gasteiger partial charge on any atom is 0.263 e. The topological polar surface area (TPSA) is 68.5 Å². The molecule has 0 saturated carbocycles. The van der Waals surface area contributed by atoms with Crippen LogP contribution < -0.4 is 4.74 Å². The van der Waals surface area contributed by atoms with Crippen LogP contribution in [0.2, 0.25) is 0 Å². The Morgan fingerprint density at radius 2 is 2.19 bits per heavy atom. The van der Waals surface area contributed by atoms with Crippen molar-refractivity contribution in [3.63, 3.8) is 0 Å². The molecule has 2 heterocycles. The minimum atomic E-state index is -0.554. The number of rotatable bonds is 7. The maximum absolute atomic E-state index is 12.7. The van der Waals surface area contributed by atoms with Gasteiger partial charge in [0, 0.05) is 7.05 Å². The summed E-state index contributed by atoms with van der Waals surface area (Å²) in [6, 6.07) is 11.5. The second-order valence-corrected chi connectivity index (χ2v) is 6.96. The number of amides is 1. The standard InChI is InChI=1S/C19H21N3O3S/c1-4-15(24-14-8-5-7-13(2)11-14)19(23)22(3)12-17-20-18(21-25-17)16-9-6-10-26-16/h5-11,15H,4,12H2,1-3H3/t15-/m0/s1. The summed E-state index contributed by atoms with van der Waals surface area (Å²) in [7, 11) is 1.71. The summed E-state index contributed by atoms with van der Waals surface area (Å²) in [6.07, 6.45) is 0.0166. The average Bonchev–Trinajstić information content (AvgIpc) is 3.30. The lowest BCUT2D eigenvalue weighted by atomic mass is 10.2. The van der Waals surface area contributed by atoms with Gasteiger partial charge in [0.15, 0.2) is 6.10 Å². The molecule has 0 aliphatic heterocycles. The predicted molar refractivity (Wildman–Crippen MR) is 100.0 cm³/mol. The van der Waals surface area contributed by atoms with E-state index in [4.69, 9.17) is 9.26 Å². The summed E-state index contributed by atoms with van der Waals surface area (Å²) in [4.78, 5) is 19.6. The third-order valence-electron chi connectivity index (χ3n) is 3.87. The van der Waals surface area contributed by atoms with Crippen molar-refractivity contribution in [1.29, 1.82) is 0 Å². The van der Waals surface area contributed by atoms with Crippen LogP contribution in [0.3, 0.4) is 0 Å². The fourth-order valence-electron chi connectivity index (χ4n) is 2.51. The first-order valence-electron chi connectivity index (χ1n) is 8.41. The molecule has 3 rings (SSSR count). The third kappa shape index (κ3) is 4.29. The summed E-state index contributed by atoms with van der Waals surface area (Å²) in [5, 5.41) is 5.92. The molecule has 0 spiro atoms. The molecule has 26 heavy (non-hydrogen) atoms. The van der Waals surface area contributed by atoms with E-state index in [0.29, 0.717) is 23.9 Å². The highest BCUT2D eigenvalue weighted by molar-refractivity contribution is 7.13. The number of hydrogen-bond acceptors (Lipinski definition) is 6. The molecular formula is C19H21N3O3S. The van der Waals surface area contributed by atoms with E-state index in [1.807, 2.05) is 55.6 Å². The largest absolute Gasteiger partial charge is 0.481 e. The van der Waals surface area contributed by atoms with Crippen LogP contribution in [0.25, 0.3) is 10.7 Å². The molecule has 0 N–H and O–H groups in total. The second-order valence-electron chi connectivity index (χ2n) is 6.01. The molecule has 0 aliphatic rings. The Labute approximate surface area is 156 Å². The number of thiophene rings is 1. The van der Waals surface area contributed by atoms with Gasteiger partial charge in [-0.25, -0.2) is 0 Å². The Bertz CT molecular complexity index is 861. The van der Waals surface area contributed by atoms with E-state index in [1.54, 1.807) is 11.9 Å². The number of ether oxygens (including phenoxy) is 1. The van der Waals surface area contributed by atoms with Gasteiger partial charge in [0.1, 0.15) is 5.75 Å². The zero-order chi connectivity index (χ0) is 18.5. The summed E-state index contributed by atoms with van der Waals surface area (Å²) < 4.78 is 11.1. The highest BCUT2D eigenvalue weighted by atomic mass is 32.1. The summed E-state index contributed by atoms with van der Waals surface area (Å²) >= 11 is 1.54. The quantitative estimate of drug-likeness (QED) is 0.630. The van der Waals surface area contributed by atoms with Gasteiger partial charge < -0.3 is 14.2 Å². The van der Waals surface area contributed by atoms with Crippen LogP contribution in [0.15, 0.2) is 46.3 Å². The molecule has 0 aliphatic carbocycles. The van der Waals surface area contributed by atoms with E-state index in [0.717, 1.165) is 10.4 Å². The van der Waals surface area contributed by atoms with Gasteiger partial charge in [-0.1, -0.05) is 30.3 Å². The molecule has 136 valence electrons. The highest BCUT2D eigenvalue weighted by Gasteiger charge is 2.24. The summed E-state index contributed by atoms with van der Waals surface area (Å²) in [5.74, 6) is 1.51. The van der Waals surface area contributed by atoms with E-state index < -0.39 is 6.10 Å². The lowest BCUT2D eigenvalue weighted by Crippen LogP contribution is -2.39. The molecule has 3 aromatic rings.